The second-order valence-corrected chi connectivity index (χ2v) is 3.55. The van der Waals surface area contributed by atoms with Gasteiger partial charge in [0.1, 0.15) is 6.54 Å². The van der Waals surface area contributed by atoms with Crippen LogP contribution in [0.2, 0.25) is 5.28 Å². The van der Waals surface area contributed by atoms with E-state index in [-0.39, 0.29) is 17.8 Å². The van der Waals surface area contributed by atoms with E-state index in [9.17, 15) is 4.79 Å². The lowest BCUT2D eigenvalue weighted by Gasteiger charge is -1.98. The number of aromatic nitrogens is 4. The molecule has 0 aromatic carbocycles. The highest BCUT2D eigenvalue weighted by atomic mass is 35.5. The molecular weight excluding hydrogens is 244 g/mol. The van der Waals surface area contributed by atoms with E-state index in [1.54, 1.807) is 24.7 Å². The van der Waals surface area contributed by atoms with Gasteiger partial charge in [-0.1, -0.05) is 0 Å². The highest BCUT2D eigenvalue weighted by molar-refractivity contribution is 6.28. The van der Waals surface area contributed by atoms with Crippen molar-refractivity contribution in [3.8, 4) is 11.3 Å². The molecule has 7 heteroatoms. The van der Waals surface area contributed by atoms with Crippen molar-refractivity contribution in [3.63, 3.8) is 0 Å². The van der Waals surface area contributed by atoms with E-state index in [0.29, 0.717) is 5.69 Å². The maximum atomic E-state index is 11.1. The molecule has 6 nitrogen and oxygen atoms in total. The van der Waals surface area contributed by atoms with Crippen molar-refractivity contribution in [2.75, 3.05) is 7.11 Å². The van der Waals surface area contributed by atoms with Crippen molar-refractivity contribution in [3.05, 3.63) is 29.9 Å². The Morgan fingerprint density at radius 1 is 1.59 bits per heavy atom. The summed E-state index contributed by atoms with van der Waals surface area (Å²) >= 11 is 5.68. The summed E-state index contributed by atoms with van der Waals surface area (Å²) in [5, 5.41) is 4.19. The molecule has 17 heavy (non-hydrogen) atoms. The second kappa shape index (κ2) is 4.92. The molecule has 0 aliphatic rings. The molecule has 0 amide bonds. The van der Waals surface area contributed by atoms with Crippen LogP contribution < -0.4 is 0 Å². The second-order valence-electron chi connectivity index (χ2n) is 3.21. The van der Waals surface area contributed by atoms with Crippen LogP contribution in [0, 0.1) is 0 Å². The number of carbonyl (C=O) groups is 1. The number of hydrogen-bond donors (Lipinski definition) is 0. The van der Waals surface area contributed by atoms with E-state index in [0.717, 1.165) is 5.56 Å². The molecule has 0 fully saturated rings. The monoisotopic (exact) mass is 252 g/mol. The minimum Gasteiger partial charge on any atom is -0.468 e. The summed E-state index contributed by atoms with van der Waals surface area (Å²) in [7, 11) is 1.33. The maximum absolute atomic E-state index is 11.1. The largest absolute Gasteiger partial charge is 0.468 e. The highest BCUT2D eigenvalue weighted by Crippen LogP contribution is 2.16. The lowest BCUT2D eigenvalue weighted by atomic mass is 10.2. The fourth-order valence-corrected chi connectivity index (χ4v) is 1.42. The van der Waals surface area contributed by atoms with Gasteiger partial charge in [-0.25, -0.2) is 9.97 Å². The van der Waals surface area contributed by atoms with Gasteiger partial charge < -0.3 is 4.74 Å². The maximum Gasteiger partial charge on any atom is 0.327 e. The molecule has 2 heterocycles. The van der Waals surface area contributed by atoms with Gasteiger partial charge in [0.15, 0.2) is 0 Å². The van der Waals surface area contributed by atoms with Gasteiger partial charge in [0.25, 0.3) is 0 Å². The predicted molar refractivity (Wildman–Crippen MR) is 60.3 cm³/mol. The van der Waals surface area contributed by atoms with Gasteiger partial charge in [-0.15, -0.1) is 0 Å². The molecule has 0 atom stereocenters. The number of hydrogen-bond acceptors (Lipinski definition) is 5. The van der Waals surface area contributed by atoms with Gasteiger partial charge >= 0.3 is 5.97 Å². The van der Waals surface area contributed by atoms with E-state index in [4.69, 9.17) is 11.6 Å². The quantitative estimate of drug-likeness (QED) is 0.606. The lowest BCUT2D eigenvalue weighted by molar-refractivity contribution is -0.141. The van der Waals surface area contributed by atoms with Crippen molar-refractivity contribution < 1.29 is 9.53 Å². The summed E-state index contributed by atoms with van der Waals surface area (Å²) in [6, 6.07) is 1.71. The number of rotatable bonds is 3. The smallest absolute Gasteiger partial charge is 0.327 e. The standard InChI is InChI=1S/C10H9ClN4O2/c1-17-9(16)6-15-5-7(4-13-15)8-2-3-12-10(11)14-8/h2-5H,6H2,1H3. The zero-order valence-corrected chi connectivity index (χ0v) is 9.76. The van der Waals surface area contributed by atoms with Crippen LogP contribution in [0.3, 0.4) is 0 Å². The highest BCUT2D eigenvalue weighted by Gasteiger charge is 2.07. The van der Waals surface area contributed by atoms with Crippen molar-refractivity contribution in [2.24, 2.45) is 0 Å². The number of ether oxygens (including phenoxy) is 1. The summed E-state index contributed by atoms with van der Waals surface area (Å²) in [5.74, 6) is -0.361. The fourth-order valence-electron chi connectivity index (χ4n) is 1.27. The Hall–Kier alpha value is -1.95. The number of nitrogens with zero attached hydrogens (tertiary/aromatic N) is 4. The zero-order valence-electron chi connectivity index (χ0n) is 9.00. The van der Waals surface area contributed by atoms with E-state index in [2.05, 4.69) is 19.8 Å². The zero-order chi connectivity index (χ0) is 12.3. The third kappa shape index (κ3) is 2.79. The molecule has 2 aromatic heterocycles. The first kappa shape index (κ1) is 11.5. The molecule has 0 saturated heterocycles. The first-order valence-corrected chi connectivity index (χ1v) is 5.15. The molecule has 0 bridgehead atoms. The Morgan fingerprint density at radius 2 is 2.41 bits per heavy atom. The Labute approximate surface area is 102 Å². The molecule has 0 radical (unpaired) electrons. The van der Waals surface area contributed by atoms with Gasteiger partial charge in [-0.05, 0) is 17.7 Å². The van der Waals surface area contributed by atoms with Crippen LogP contribution in [0.4, 0.5) is 0 Å². The number of halogens is 1. The Morgan fingerprint density at radius 3 is 3.12 bits per heavy atom. The molecule has 0 spiro atoms. The van der Waals surface area contributed by atoms with Crippen LogP contribution in [-0.4, -0.2) is 32.8 Å². The first-order chi connectivity index (χ1) is 8.19. The minimum absolute atomic E-state index is 0.0648. The van der Waals surface area contributed by atoms with Gasteiger partial charge in [0.05, 0.1) is 19.0 Å². The third-order valence-electron chi connectivity index (χ3n) is 2.07. The number of carbonyl (C=O) groups excluding carboxylic acids is 1. The van der Waals surface area contributed by atoms with E-state index < -0.39 is 0 Å². The molecule has 0 aliphatic heterocycles. The topological polar surface area (TPSA) is 69.9 Å². The molecule has 88 valence electrons. The van der Waals surface area contributed by atoms with Gasteiger partial charge in [-0.3, -0.25) is 9.48 Å². The van der Waals surface area contributed by atoms with Gasteiger partial charge in [-0.2, -0.15) is 5.10 Å². The lowest BCUT2D eigenvalue weighted by Crippen LogP contribution is -2.11. The summed E-state index contributed by atoms with van der Waals surface area (Å²) < 4.78 is 6.01. The summed E-state index contributed by atoms with van der Waals surface area (Å²) in [5.41, 5.74) is 1.42. The minimum atomic E-state index is -0.361. The van der Waals surface area contributed by atoms with Gasteiger partial charge in [0, 0.05) is 18.0 Å². The molecule has 0 N–H and O–H groups in total. The van der Waals surface area contributed by atoms with Crippen molar-refractivity contribution in [2.45, 2.75) is 6.54 Å². The van der Waals surface area contributed by atoms with Crippen LogP contribution >= 0.6 is 11.6 Å². The average molecular weight is 253 g/mol. The van der Waals surface area contributed by atoms with E-state index in [1.165, 1.54) is 11.8 Å². The molecular formula is C10H9ClN4O2. The first-order valence-electron chi connectivity index (χ1n) is 4.77. The van der Waals surface area contributed by atoms with E-state index in [1.807, 2.05) is 0 Å². The molecule has 2 rings (SSSR count). The van der Waals surface area contributed by atoms with Crippen molar-refractivity contribution >= 4 is 17.6 Å². The Balaban J connectivity index is 2.21. The number of esters is 1. The van der Waals surface area contributed by atoms with Crippen LogP contribution in [0.15, 0.2) is 24.7 Å². The van der Waals surface area contributed by atoms with E-state index >= 15 is 0 Å². The Bertz CT molecular complexity index is 541. The normalized spacial score (nSPS) is 10.2. The van der Waals surface area contributed by atoms with Crippen LogP contribution in [-0.2, 0) is 16.1 Å². The molecule has 0 saturated carbocycles. The molecule has 2 aromatic rings. The molecule has 0 aliphatic carbocycles. The fraction of sp³-hybridized carbons (Fsp3) is 0.200. The SMILES string of the molecule is COC(=O)Cn1cc(-c2ccnc(Cl)n2)cn1. The van der Waals surface area contributed by atoms with Crippen LogP contribution in [0.25, 0.3) is 11.3 Å². The summed E-state index contributed by atoms with van der Waals surface area (Å²) in [4.78, 5) is 18.9. The number of methoxy groups -OCH3 is 1. The predicted octanol–water partition coefficient (Wildman–Crippen LogP) is 1.17. The van der Waals surface area contributed by atoms with Crippen molar-refractivity contribution in [1.29, 1.82) is 0 Å². The van der Waals surface area contributed by atoms with Crippen LogP contribution in [0.5, 0.6) is 0 Å². The molecule has 0 unspecified atom stereocenters. The Kier molecular flexibility index (Phi) is 3.34. The van der Waals surface area contributed by atoms with Crippen molar-refractivity contribution in [1.82, 2.24) is 19.7 Å². The average Bonchev–Trinajstić information content (AvgIpc) is 2.77. The summed E-state index contributed by atoms with van der Waals surface area (Å²) in [6.45, 7) is 0.0648. The van der Waals surface area contributed by atoms with Crippen LogP contribution in [0.1, 0.15) is 0 Å². The summed E-state index contributed by atoms with van der Waals surface area (Å²) in [6.07, 6.45) is 4.85. The van der Waals surface area contributed by atoms with Gasteiger partial charge in [0.2, 0.25) is 5.28 Å². The third-order valence-corrected chi connectivity index (χ3v) is 2.26.